The van der Waals surface area contributed by atoms with Gasteiger partial charge in [0, 0.05) is 55.1 Å². The van der Waals surface area contributed by atoms with E-state index in [4.69, 9.17) is 9.47 Å². The minimum Gasteiger partial charge on any atom is -0.497 e. The fourth-order valence-electron chi connectivity index (χ4n) is 3.92. The number of carbonyl (C=O) groups is 1. The number of nitrogens with zero attached hydrogens (tertiary/aromatic N) is 1. The van der Waals surface area contributed by atoms with Crippen LogP contribution in [-0.4, -0.2) is 45.8 Å². The van der Waals surface area contributed by atoms with Crippen LogP contribution in [0, 0.1) is 5.82 Å². The van der Waals surface area contributed by atoms with E-state index < -0.39 is 11.9 Å². The molecule has 2 saturated heterocycles. The number of nitrogens with one attached hydrogen (secondary N) is 3. The molecule has 0 bridgehead atoms. The Hall–Kier alpha value is -2.84. The Balaban J connectivity index is 1.50. The quantitative estimate of drug-likeness (QED) is 0.691. The highest BCUT2D eigenvalue weighted by Crippen LogP contribution is 2.33. The molecule has 2 fully saturated rings. The van der Waals surface area contributed by atoms with Gasteiger partial charge in [-0.3, -0.25) is 15.6 Å². The van der Waals surface area contributed by atoms with Gasteiger partial charge in [0.15, 0.2) is 0 Å². The molecule has 1 atom stereocenters. The smallest absolute Gasteiger partial charge is 0.249 e. The molecule has 2 heterocycles. The standard InChI is InChI=1S/C21H25FN4O3/c1-28-17-8-14(22)7-15(9-17)25-19-5-6-26(21(19)27)16-3-4-18(20(10-16)29-2)13-11-23-24-12-13/h3-4,7-10,13,19,23-25H,5-6,11-12H2,1-2H3. The predicted molar refractivity (Wildman–Crippen MR) is 109 cm³/mol. The summed E-state index contributed by atoms with van der Waals surface area (Å²) in [7, 11) is 3.13. The zero-order valence-electron chi connectivity index (χ0n) is 16.5. The van der Waals surface area contributed by atoms with Crippen molar-refractivity contribution < 1.29 is 18.7 Å². The molecule has 2 aromatic rings. The van der Waals surface area contributed by atoms with E-state index in [0.29, 0.717) is 30.3 Å². The van der Waals surface area contributed by atoms with E-state index in [9.17, 15) is 9.18 Å². The van der Waals surface area contributed by atoms with Crippen molar-refractivity contribution in [3.05, 3.63) is 47.8 Å². The van der Waals surface area contributed by atoms with Gasteiger partial charge >= 0.3 is 0 Å². The molecule has 0 aliphatic carbocycles. The van der Waals surface area contributed by atoms with Crippen LogP contribution in [-0.2, 0) is 4.79 Å². The van der Waals surface area contributed by atoms with Gasteiger partial charge in [-0.05, 0) is 24.1 Å². The third-order valence-electron chi connectivity index (χ3n) is 5.44. The summed E-state index contributed by atoms with van der Waals surface area (Å²) in [6, 6.07) is 9.83. The van der Waals surface area contributed by atoms with E-state index in [1.165, 1.54) is 19.2 Å². The third-order valence-corrected chi connectivity index (χ3v) is 5.44. The third kappa shape index (κ3) is 3.99. The van der Waals surface area contributed by atoms with Gasteiger partial charge in [-0.2, -0.15) is 0 Å². The molecule has 2 aliphatic rings. The maximum absolute atomic E-state index is 13.7. The molecule has 0 radical (unpaired) electrons. The summed E-state index contributed by atoms with van der Waals surface area (Å²) >= 11 is 0. The number of rotatable bonds is 6. The van der Waals surface area contributed by atoms with Crippen LogP contribution in [0.4, 0.5) is 15.8 Å². The Labute approximate surface area is 169 Å². The van der Waals surface area contributed by atoms with Gasteiger partial charge in [-0.1, -0.05) is 6.07 Å². The first kappa shape index (κ1) is 19.5. The lowest BCUT2D eigenvalue weighted by atomic mass is 9.98. The number of halogens is 1. The molecule has 0 aromatic heterocycles. The van der Waals surface area contributed by atoms with E-state index in [2.05, 4.69) is 16.2 Å². The fraction of sp³-hybridized carbons (Fsp3) is 0.381. The van der Waals surface area contributed by atoms with Crippen molar-refractivity contribution in [2.24, 2.45) is 0 Å². The highest BCUT2D eigenvalue weighted by atomic mass is 19.1. The molecule has 2 aromatic carbocycles. The average molecular weight is 400 g/mol. The normalized spacial score (nSPS) is 19.6. The topological polar surface area (TPSA) is 74.9 Å². The molecular weight excluding hydrogens is 375 g/mol. The van der Waals surface area contributed by atoms with Gasteiger partial charge in [-0.15, -0.1) is 0 Å². The van der Waals surface area contributed by atoms with Gasteiger partial charge in [0.05, 0.1) is 14.2 Å². The largest absolute Gasteiger partial charge is 0.497 e. The van der Waals surface area contributed by atoms with Crippen molar-refractivity contribution in [3.8, 4) is 11.5 Å². The average Bonchev–Trinajstić information content (AvgIpc) is 3.38. The first-order chi connectivity index (χ1) is 14.1. The van der Waals surface area contributed by atoms with Crippen LogP contribution in [0.15, 0.2) is 36.4 Å². The minimum absolute atomic E-state index is 0.0489. The molecule has 0 saturated carbocycles. The molecule has 8 heteroatoms. The summed E-state index contributed by atoms with van der Waals surface area (Å²) in [5, 5.41) is 3.13. The van der Waals surface area contributed by atoms with E-state index in [1.807, 2.05) is 18.2 Å². The number of carbonyl (C=O) groups excluding carboxylic acids is 1. The summed E-state index contributed by atoms with van der Waals surface area (Å²) in [4.78, 5) is 14.7. The van der Waals surface area contributed by atoms with Crippen LogP contribution in [0.25, 0.3) is 0 Å². The number of hydrogen-bond donors (Lipinski definition) is 3. The summed E-state index contributed by atoms with van der Waals surface area (Å²) in [5.41, 5.74) is 8.69. The lowest BCUT2D eigenvalue weighted by Gasteiger charge is -2.21. The molecule has 1 amide bonds. The number of ether oxygens (including phenoxy) is 2. The minimum atomic E-state index is -0.421. The molecule has 154 valence electrons. The van der Waals surface area contributed by atoms with Crippen molar-refractivity contribution in [2.45, 2.75) is 18.4 Å². The van der Waals surface area contributed by atoms with Crippen LogP contribution >= 0.6 is 0 Å². The van der Waals surface area contributed by atoms with Crippen LogP contribution in [0.2, 0.25) is 0 Å². The van der Waals surface area contributed by atoms with Crippen molar-refractivity contribution in [3.63, 3.8) is 0 Å². The van der Waals surface area contributed by atoms with E-state index in [-0.39, 0.29) is 5.91 Å². The van der Waals surface area contributed by atoms with Gasteiger partial charge in [0.1, 0.15) is 23.4 Å². The summed E-state index contributed by atoms with van der Waals surface area (Å²) < 4.78 is 24.4. The van der Waals surface area contributed by atoms with Crippen LogP contribution in [0.1, 0.15) is 17.9 Å². The number of methoxy groups -OCH3 is 2. The Kier molecular flexibility index (Phi) is 5.55. The van der Waals surface area contributed by atoms with Crippen molar-refractivity contribution in [1.29, 1.82) is 0 Å². The lowest BCUT2D eigenvalue weighted by Crippen LogP contribution is -2.33. The van der Waals surface area contributed by atoms with E-state index in [1.54, 1.807) is 18.1 Å². The zero-order valence-corrected chi connectivity index (χ0v) is 16.5. The Morgan fingerprint density at radius 2 is 1.90 bits per heavy atom. The fourth-order valence-corrected chi connectivity index (χ4v) is 3.92. The second-order valence-corrected chi connectivity index (χ2v) is 7.24. The Morgan fingerprint density at radius 1 is 1.10 bits per heavy atom. The predicted octanol–water partition coefficient (Wildman–Crippen LogP) is 2.25. The number of anilines is 2. The van der Waals surface area contributed by atoms with Gasteiger partial charge in [0.2, 0.25) is 5.91 Å². The number of amides is 1. The van der Waals surface area contributed by atoms with Crippen LogP contribution in [0.5, 0.6) is 11.5 Å². The molecule has 29 heavy (non-hydrogen) atoms. The summed E-state index contributed by atoms with van der Waals surface area (Å²) in [6.45, 7) is 2.25. The monoisotopic (exact) mass is 400 g/mol. The molecule has 3 N–H and O–H groups in total. The van der Waals surface area contributed by atoms with Crippen LogP contribution in [0.3, 0.4) is 0 Å². The molecule has 0 spiro atoms. The number of hydrogen-bond acceptors (Lipinski definition) is 6. The molecular formula is C21H25FN4O3. The SMILES string of the molecule is COc1cc(F)cc(NC2CCN(c3ccc(C4CNNC4)c(OC)c3)C2=O)c1. The summed E-state index contributed by atoms with van der Waals surface area (Å²) in [5.74, 6) is 1.05. The first-order valence-corrected chi connectivity index (χ1v) is 9.65. The highest BCUT2D eigenvalue weighted by molar-refractivity contribution is 6.01. The molecule has 4 rings (SSSR count). The maximum atomic E-state index is 13.7. The van der Waals surface area contributed by atoms with Gasteiger partial charge in [0.25, 0.3) is 0 Å². The van der Waals surface area contributed by atoms with Crippen molar-refractivity contribution >= 4 is 17.3 Å². The molecule has 7 nitrogen and oxygen atoms in total. The summed E-state index contributed by atoms with van der Waals surface area (Å²) in [6.07, 6.45) is 0.623. The first-order valence-electron chi connectivity index (χ1n) is 9.65. The van der Waals surface area contributed by atoms with E-state index >= 15 is 0 Å². The molecule has 2 aliphatic heterocycles. The second kappa shape index (κ2) is 8.26. The lowest BCUT2D eigenvalue weighted by molar-refractivity contribution is -0.117. The van der Waals surface area contributed by atoms with Gasteiger partial charge in [-0.25, -0.2) is 4.39 Å². The van der Waals surface area contributed by atoms with Crippen LogP contribution < -0.4 is 30.5 Å². The number of benzene rings is 2. The van der Waals surface area contributed by atoms with Gasteiger partial charge < -0.3 is 19.7 Å². The van der Waals surface area contributed by atoms with Crippen molar-refractivity contribution in [1.82, 2.24) is 10.9 Å². The Bertz CT molecular complexity index is 901. The second-order valence-electron chi connectivity index (χ2n) is 7.24. The molecule has 1 unspecified atom stereocenters. The number of hydrazine groups is 1. The Morgan fingerprint density at radius 3 is 2.62 bits per heavy atom. The maximum Gasteiger partial charge on any atom is 0.249 e. The van der Waals surface area contributed by atoms with E-state index in [0.717, 1.165) is 30.1 Å². The zero-order chi connectivity index (χ0) is 20.4. The highest BCUT2D eigenvalue weighted by Gasteiger charge is 2.33. The van der Waals surface area contributed by atoms with Crippen molar-refractivity contribution in [2.75, 3.05) is 44.1 Å².